The van der Waals surface area contributed by atoms with Crippen molar-refractivity contribution >= 4 is 11.9 Å². The smallest absolute Gasteiger partial charge is 0.332 e. The van der Waals surface area contributed by atoms with Crippen LogP contribution in [0.25, 0.3) is 0 Å². The van der Waals surface area contributed by atoms with Gasteiger partial charge in [-0.1, -0.05) is 42.5 Å². The number of rotatable bonds is 9. The fourth-order valence-electron chi connectivity index (χ4n) is 2.42. The van der Waals surface area contributed by atoms with Gasteiger partial charge in [0.2, 0.25) is 5.91 Å². The van der Waals surface area contributed by atoms with Crippen LogP contribution < -0.4 is 15.8 Å². The van der Waals surface area contributed by atoms with Crippen molar-refractivity contribution in [1.82, 2.24) is 5.32 Å². The van der Waals surface area contributed by atoms with E-state index in [0.29, 0.717) is 11.3 Å². The van der Waals surface area contributed by atoms with Gasteiger partial charge in [-0.2, -0.15) is 0 Å². The average Bonchev–Trinajstić information content (AvgIpc) is 2.75. The van der Waals surface area contributed by atoms with E-state index >= 15 is 0 Å². The summed E-state index contributed by atoms with van der Waals surface area (Å²) in [5.41, 5.74) is 6.63. The fraction of sp³-hybridized carbons (Fsp3) is 0.300. The predicted molar refractivity (Wildman–Crippen MR) is 101 cm³/mol. The van der Waals surface area contributed by atoms with E-state index in [4.69, 9.17) is 20.3 Å². The first-order valence-corrected chi connectivity index (χ1v) is 8.65. The van der Waals surface area contributed by atoms with Crippen LogP contribution in [-0.4, -0.2) is 47.9 Å². The number of ether oxygens (including phenoxy) is 2. The van der Waals surface area contributed by atoms with Crippen molar-refractivity contribution in [3.8, 4) is 5.75 Å². The first-order chi connectivity index (χ1) is 13.5. The maximum absolute atomic E-state index is 12.6. The summed E-state index contributed by atoms with van der Waals surface area (Å²) in [4.78, 5) is 24.6. The number of nitrogens with one attached hydrogen (secondary N) is 1. The molecule has 0 bridgehead atoms. The first kappa shape index (κ1) is 21.4. The standard InChI is InChI=1S/C20H24N2O6/c1-27-15-9-7-14(8-10-15)18(24)17(22-19(25)16(21)11-23)20(26)28-12-13-5-3-2-4-6-13/h2-10,16-18,23-24H,11-12,21H2,1H3,(H,22,25). The zero-order valence-corrected chi connectivity index (χ0v) is 15.4. The second kappa shape index (κ2) is 10.4. The molecule has 2 rings (SSSR count). The minimum absolute atomic E-state index is 0.0204. The lowest BCUT2D eigenvalue weighted by atomic mass is 10.0. The molecule has 2 aromatic rings. The molecule has 8 nitrogen and oxygen atoms in total. The number of benzene rings is 2. The van der Waals surface area contributed by atoms with Crippen LogP contribution in [0.3, 0.4) is 0 Å². The normalized spacial score (nSPS) is 13.9. The van der Waals surface area contributed by atoms with Gasteiger partial charge >= 0.3 is 5.97 Å². The molecule has 0 aliphatic rings. The Morgan fingerprint density at radius 2 is 1.75 bits per heavy atom. The number of aliphatic hydroxyl groups is 2. The molecule has 5 N–H and O–H groups in total. The molecule has 0 saturated carbocycles. The van der Waals surface area contributed by atoms with E-state index in [9.17, 15) is 14.7 Å². The quantitative estimate of drug-likeness (QED) is 0.454. The van der Waals surface area contributed by atoms with Gasteiger partial charge in [0.25, 0.3) is 0 Å². The highest BCUT2D eigenvalue weighted by Gasteiger charge is 2.32. The van der Waals surface area contributed by atoms with Gasteiger partial charge in [0.15, 0.2) is 6.04 Å². The monoisotopic (exact) mass is 388 g/mol. The van der Waals surface area contributed by atoms with E-state index in [1.807, 2.05) is 6.07 Å². The Hall–Kier alpha value is -2.94. The van der Waals surface area contributed by atoms with E-state index in [1.165, 1.54) is 7.11 Å². The van der Waals surface area contributed by atoms with Crippen LogP contribution in [0.2, 0.25) is 0 Å². The van der Waals surface area contributed by atoms with Crippen LogP contribution in [0.5, 0.6) is 5.75 Å². The van der Waals surface area contributed by atoms with Crippen molar-refractivity contribution in [2.24, 2.45) is 5.73 Å². The summed E-state index contributed by atoms with van der Waals surface area (Å²) in [5.74, 6) is -1.03. The van der Waals surface area contributed by atoms with E-state index in [1.54, 1.807) is 48.5 Å². The summed E-state index contributed by atoms with van der Waals surface area (Å²) >= 11 is 0. The number of hydrogen-bond acceptors (Lipinski definition) is 7. The Morgan fingerprint density at radius 3 is 2.32 bits per heavy atom. The molecule has 2 aromatic carbocycles. The van der Waals surface area contributed by atoms with Crippen molar-refractivity contribution < 1.29 is 29.3 Å². The van der Waals surface area contributed by atoms with Gasteiger partial charge in [-0.25, -0.2) is 4.79 Å². The summed E-state index contributed by atoms with van der Waals surface area (Å²) in [5, 5.41) is 22.0. The zero-order valence-electron chi connectivity index (χ0n) is 15.4. The highest BCUT2D eigenvalue weighted by molar-refractivity contribution is 5.88. The van der Waals surface area contributed by atoms with Gasteiger partial charge in [-0.15, -0.1) is 0 Å². The Bertz CT molecular complexity index is 766. The van der Waals surface area contributed by atoms with Crippen molar-refractivity contribution in [3.05, 3.63) is 65.7 Å². The number of nitrogens with two attached hydrogens (primary N) is 1. The average molecular weight is 388 g/mol. The Kier molecular flexibility index (Phi) is 7.94. The summed E-state index contributed by atoms with van der Waals surface area (Å²) in [6, 6.07) is 12.7. The molecular weight excluding hydrogens is 364 g/mol. The summed E-state index contributed by atoms with van der Waals surface area (Å²) in [6.07, 6.45) is -1.39. The first-order valence-electron chi connectivity index (χ1n) is 8.65. The number of aliphatic hydroxyl groups excluding tert-OH is 2. The largest absolute Gasteiger partial charge is 0.497 e. The molecule has 3 atom stereocenters. The second-order valence-electron chi connectivity index (χ2n) is 6.09. The van der Waals surface area contributed by atoms with E-state index in [2.05, 4.69) is 5.32 Å². The number of amides is 1. The van der Waals surface area contributed by atoms with Crippen LogP contribution in [0.15, 0.2) is 54.6 Å². The number of hydrogen-bond donors (Lipinski definition) is 4. The van der Waals surface area contributed by atoms with Gasteiger partial charge in [-0.05, 0) is 23.3 Å². The van der Waals surface area contributed by atoms with Gasteiger partial charge in [-0.3, -0.25) is 4.79 Å². The SMILES string of the molecule is COc1ccc(C(O)C(NC(=O)C(N)CO)C(=O)OCc2ccccc2)cc1. The molecule has 0 aliphatic heterocycles. The van der Waals surface area contributed by atoms with Crippen LogP contribution >= 0.6 is 0 Å². The van der Waals surface area contributed by atoms with Gasteiger partial charge in [0.05, 0.1) is 13.7 Å². The third-order valence-electron chi connectivity index (χ3n) is 4.08. The maximum Gasteiger partial charge on any atom is 0.332 e. The molecule has 1 amide bonds. The predicted octanol–water partition coefficient (Wildman–Crippen LogP) is 0.276. The lowest BCUT2D eigenvalue weighted by Gasteiger charge is -2.24. The van der Waals surface area contributed by atoms with Crippen molar-refractivity contribution in [1.29, 1.82) is 0 Å². The second-order valence-corrected chi connectivity index (χ2v) is 6.09. The lowest BCUT2D eigenvalue weighted by Crippen LogP contribution is -2.52. The molecule has 0 saturated heterocycles. The Labute approximate surface area is 162 Å². The molecule has 0 aromatic heterocycles. The summed E-state index contributed by atoms with van der Waals surface area (Å²) in [7, 11) is 1.51. The number of carbonyl (C=O) groups is 2. The molecule has 0 fully saturated rings. The minimum Gasteiger partial charge on any atom is -0.497 e. The van der Waals surface area contributed by atoms with Crippen molar-refractivity contribution in [2.75, 3.05) is 13.7 Å². The van der Waals surface area contributed by atoms with Crippen LogP contribution in [0.1, 0.15) is 17.2 Å². The van der Waals surface area contributed by atoms with Crippen LogP contribution in [0, 0.1) is 0 Å². The molecule has 0 spiro atoms. The molecular formula is C20H24N2O6. The third-order valence-corrected chi connectivity index (χ3v) is 4.08. The number of esters is 1. The maximum atomic E-state index is 12.6. The van der Waals surface area contributed by atoms with E-state index in [0.717, 1.165) is 5.56 Å². The number of carbonyl (C=O) groups excluding carboxylic acids is 2. The lowest BCUT2D eigenvalue weighted by molar-refractivity contribution is -0.153. The van der Waals surface area contributed by atoms with Crippen molar-refractivity contribution in [3.63, 3.8) is 0 Å². The molecule has 0 aliphatic carbocycles. The number of methoxy groups -OCH3 is 1. The van der Waals surface area contributed by atoms with Crippen molar-refractivity contribution in [2.45, 2.75) is 24.8 Å². The summed E-state index contributed by atoms with van der Waals surface area (Å²) < 4.78 is 10.3. The topological polar surface area (TPSA) is 131 Å². The van der Waals surface area contributed by atoms with Gasteiger partial charge in [0, 0.05) is 0 Å². The molecule has 3 unspecified atom stereocenters. The fourth-order valence-corrected chi connectivity index (χ4v) is 2.42. The summed E-state index contributed by atoms with van der Waals surface area (Å²) in [6.45, 7) is -0.621. The van der Waals surface area contributed by atoms with E-state index in [-0.39, 0.29) is 6.61 Å². The molecule has 0 radical (unpaired) electrons. The Balaban J connectivity index is 2.16. The highest BCUT2D eigenvalue weighted by atomic mass is 16.5. The van der Waals surface area contributed by atoms with Crippen LogP contribution in [0.4, 0.5) is 0 Å². The molecule has 8 heteroatoms. The third kappa shape index (κ3) is 5.78. The van der Waals surface area contributed by atoms with E-state index < -0.39 is 36.7 Å². The van der Waals surface area contributed by atoms with Crippen LogP contribution in [-0.2, 0) is 20.9 Å². The highest BCUT2D eigenvalue weighted by Crippen LogP contribution is 2.21. The van der Waals surface area contributed by atoms with Gasteiger partial charge in [0.1, 0.15) is 24.5 Å². The minimum atomic E-state index is -1.40. The molecule has 0 heterocycles. The van der Waals surface area contributed by atoms with Gasteiger partial charge < -0.3 is 30.7 Å². The Morgan fingerprint density at radius 1 is 1.11 bits per heavy atom. The molecule has 28 heavy (non-hydrogen) atoms. The zero-order chi connectivity index (χ0) is 20.5. The molecule has 150 valence electrons.